The van der Waals surface area contributed by atoms with Crippen LogP contribution >= 0.6 is 22.6 Å². The Balaban J connectivity index is 2.32. The van der Waals surface area contributed by atoms with Gasteiger partial charge in [-0.15, -0.1) is 0 Å². The summed E-state index contributed by atoms with van der Waals surface area (Å²) in [5, 5.41) is 1.18. The van der Waals surface area contributed by atoms with Crippen LogP contribution in [0.2, 0.25) is 0 Å². The number of unbranched alkanes of at least 4 members (excludes halogenated alkanes) is 1. The van der Waals surface area contributed by atoms with Crippen molar-refractivity contribution in [1.29, 1.82) is 0 Å². The third kappa shape index (κ3) is 2.08. The van der Waals surface area contributed by atoms with Crippen LogP contribution in [0.1, 0.15) is 25.5 Å². The summed E-state index contributed by atoms with van der Waals surface area (Å²) >= 11 is 2.18. The number of aryl methyl sites for hydroxylation is 1. The molecule has 0 unspecified atom stereocenters. The zero-order valence-electron chi connectivity index (χ0n) is 10.5. The van der Waals surface area contributed by atoms with E-state index in [1.807, 2.05) is 12.1 Å². The first-order valence-corrected chi connectivity index (χ1v) is 7.43. The highest BCUT2D eigenvalue weighted by molar-refractivity contribution is 14.1. The van der Waals surface area contributed by atoms with Gasteiger partial charge in [0, 0.05) is 6.42 Å². The van der Waals surface area contributed by atoms with E-state index in [1.165, 1.54) is 0 Å². The van der Waals surface area contributed by atoms with Crippen molar-refractivity contribution in [3.05, 3.63) is 43.8 Å². The van der Waals surface area contributed by atoms with Gasteiger partial charge in [0.15, 0.2) is 0 Å². The number of fused-ring (bicyclic) bond motifs is 2. The van der Waals surface area contributed by atoms with Gasteiger partial charge >= 0.3 is 5.78 Å². The van der Waals surface area contributed by atoms with Crippen molar-refractivity contribution in [2.75, 3.05) is 0 Å². The molecule has 0 amide bonds. The second-order valence-electron chi connectivity index (χ2n) is 4.53. The van der Waals surface area contributed by atoms with E-state index in [4.69, 9.17) is 8.83 Å². The van der Waals surface area contributed by atoms with Crippen LogP contribution in [-0.4, -0.2) is 0 Å². The van der Waals surface area contributed by atoms with Crippen LogP contribution in [-0.2, 0) is 6.42 Å². The molecule has 0 N–H and O–H groups in total. The summed E-state index contributed by atoms with van der Waals surface area (Å²) in [5.74, 6) is 1.20. The van der Waals surface area contributed by atoms with Gasteiger partial charge in [-0.05, 0) is 41.1 Å². The Kier molecular flexibility index (Phi) is 3.35. The molecule has 0 saturated heterocycles. The molecule has 0 aliphatic heterocycles. The Hall–Kier alpha value is -1.30. The van der Waals surface area contributed by atoms with Crippen LogP contribution in [0.3, 0.4) is 0 Å². The van der Waals surface area contributed by atoms with Crippen molar-refractivity contribution in [2.24, 2.45) is 0 Å². The molecule has 0 radical (unpaired) electrons. The minimum atomic E-state index is -0.00671. The van der Waals surface area contributed by atoms with Crippen LogP contribution in [0.25, 0.3) is 22.1 Å². The van der Waals surface area contributed by atoms with Gasteiger partial charge in [0.2, 0.25) is 5.43 Å². The maximum Gasteiger partial charge on any atom is 0.302 e. The Morgan fingerprint density at radius 2 is 2.00 bits per heavy atom. The van der Waals surface area contributed by atoms with Crippen LogP contribution < -0.4 is 5.43 Å². The van der Waals surface area contributed by atoms with Gasteiger partial charge in [0.25, 0.3) is 0 Å². The highest BCUT2D eigenvalue weighted by atomic mass is 127. The molecule has 1 aromatic carbocycles. The fraction of sp³-hybridized carbons (Fsp3) is 0.267. The normalized spacial score (nSPS) is 11.5. The lowest BCUT2D eigenvalue weighted by Gasteiger charge is -1.95. The highest BCUT2D eigenvalue weighted by Crippen LogP contribution is 2.28. The molecule has 2 aromatic heterocycles. The molecule has 0 atom stereocenters. The van der Waals surface area contributed by atoms with Gasteiger partial charge in [-0.3, -0.25) is 4.79 Å². The first-order chi connectivity index (χ1) is 9.22. The maximum atomic E-state index is 12.5. The third-order valence-corrected chi connectivity index (χ3v) is 4.34. The minimum absolute atomic E-state index is 0.00671. The molecule has 0 saturated carbocycles. The van der Waals surface area contributed by atoms with Gasteiger partial charge < -0.3 is 8.83 Å². The van der Waals surface area contributed by atoms with Crippen molar-refractivity contribution in [3.63, 3.8) is 0 Å². The van der Waals surface area contributed by atoms with Crippen molar-refractivity contribution >= 4 is 44.7 Å². The molecule has 0 fully saturated rings. The average Bonchev–Trinajstić information content (AvgIpc) is 2.73. The summed E-state index contributed by atoms with van der Waals surface area (Å²) in [6.45, 7) is 2.13. The summed E-state index contributed by atoms with van der Waals surface area (Å²) in [5.41, 5.74) is 0.569. The zero-order chi connectivity index (χ0) is 13.4. The molecule has 0 aliphatic carbocycles. The number of hydrogen-bond acceptors (Lipinski definition) is 3. The lowest BCUT2D eigenvalue weighted by molar-refractivity contribution is 0.457. The Bertz CT molecular complexity index is 798. The maximum absolute atomic E-state index is 12.5. The molecule has 3 nitrogen and oxygen atoms in total. The fourth-order valence-electron chi connectivity index (χ4n) is 2.18. The van der Waals surface area contributed by atoms with E-state index in [0.29, 0.717) is 22.1 Å². The van der Waals surface area contributed by atoms with Gasteiger partial charge in [-0.2, -0.15) is 0 Å². The largest absolute Gasteiger partial charge is 0.429 e. The average molecular weight is 368 g/mol. The van der Waals surface area contributed by atoms with Gasteiger partial charge in [0.05, 0.1) is 8.96 Å². The lowest BCUT2D eigenvalue weighted by Crippen LogP contribution is -2.01. The number of rotatable bonds is 3. The fourth-order valence-corrected chi connectivity index (χ4v) is 3.02. The van der Waals surface area contributed by atoms with E-state index >= 15 is 0 Å². The molecule has 0 spiro atoms. The second kappa shape index (κ2) is 5.00. The Labute approximate surface area is 123 Å². The number of halogens is 1. The van der Waals surface area contributed by atoms with Gasteiger partial charge in [0.1, 0.15) is 16.7 Å². The summed E-state index contributed by atoms with van der Waals surface area (Å²) < 4.78 is 12.3. The van der Waals surface area contributed by atoms with E-state index in [0.717, 1.165) is 28.6 Å². The summed E-state index contributed by atoms with van der Waals surface area (Å²) in [4.78, 5) is 12.5. The third-order valence-electron chi connectivity index (χ3n) is 3.20. The van der Waals surface area contributed by atoms with Crippen LogP contribution in [0.4, 0.5) is 0 Å². The second-order valence-corrected chi connectivity index (χ2v) is 5.61. The topological polar surface area (TPSA) is 43.4 Å². The van der Waals surface area contributed by atoms with Crippen molar-refractivity contribution in [2.45, 2.75) is 26.2 Å². The first-order valence-electron chi connectivity index (χ1n) is 6.35. The summed E-state index contributed by atoms with van der Waals surface area (Å²) in [6, 6.07) is 7.27. The molecule has 0 aliphatic rings. The SMILES string of the molecule is CCCCc1oc2oc3ccccc3c(=O)c2c1I. The van der Waals surface area contributed by atoms with Gasteiger partial charge in [-0.25, -0.2) is 0 Å². The predicted octanol–water partition coefficient (Wildman–Crippen LogP) is 4.49. The summed E-state index contributed by atoms with van der Waals surface area (Å²) in [7, 11) is 0. The minimum Gasteiger partial charge on any atom is -0.429 e. The zero-order valence-corrected chi connectivity index (χ0v) is 12.7. The van der Waals surface area contributed by atoms with Crippen molar-refractivity contribution < 1.29 is 8.83 Å². The highest BCUT2D eigenvalue weighted by Gasteiger charge is 2.18. The number of furan rings is 1. The molecule has 19 heavy (non-hydrogen) atoms. The molecule has 98 valence electrons. The monoisotopic (exact) mass is 368 g/mol. The van der Waals surface area contributed by atoms with Crippen LogP contribution in [0.15, 0.2) is 37.9 Å². The number of para-hydroxylation sites is 1. The predicted molar refractivity (Wildman–Crippen MR) is 83.6 cm³/mol. The van der Waals surface area contributed by atoms with E-state index < -0.39 is 0 Å². The van der Waals surface area contributed by atoms with Gasteiger partial charge in [-0.1, -0.05) is 25.5 Å². The number of benzene rings is 1. The Morgan fingerprint density at radius 3 is 2.79 bits per heavy atom. The van der Waals surface area contributed by atoms with E-state index in [2.05, 4.69) is 29.5 Å². The van der Waals surface area contributed by atoms with E-state index in [-0.39, 0.29) is 5.43 Å². The first kappa shape index (κ1) is 12.7. The molecule has 3 rings (SSSR count). The van der Waals surface area contributed by atoms with E-state index in [1.54, 1.807) is 12.1 Å². The lowest BCUT2D eigenvalue weighted by atomic mass is 10.2. The molecule has 2 heterocycles. The smallest absolute Gasteiger partial charge is 0.302 e. The Morgan fingerprint density at radius 1 is 1.21 bits per heavy atom. The molecular formula is C15H13IO3. The quantitative estimate of drug-likeness (QED) is 0.640. The van der Waals surface area contributed by atoms with Crippen molar-refractivity contribution in [3.8, 4) is 0 Å². The van der Waals surface area contributed by atoms with Crippen LogP contribution in [0, 0.1) is 3.57 Å². The van der Waals surface area contributed by atoms with Crippen molar-refractivity contribution in [1.82, 2.24) is 0 Å². The molecule has 4 heteroatoms. The molecule has 0 bridgehead atoms. The molecule has 3 aromatic rings. The number of hydrogen-bond donors (Lipinski definition) is 0. The molecular weight excluding hydrogens is 355 g/mol. The van der Waals surface area contributed by atoms with Crippen LogP contribution in [0.5, 0.6) is 0 Å². The van der Waals surface area contributed by atoms with E-state index in [9.17, 15) is 4.79 Å². The summed E-state index contributed by atoms with van der Waals surface area (Å²) in [6.07, 6.45) is 2.98. The standard InChI is InChI=1S/C15H13IO3/c1-2-3-7-11-13(16)12-14(17)9-6-4-5-8-10(9)18-15(12)19-11/h4-6,8H,2-3,7H2,1H3.